The van der Waals surface area contributed by atoms with Gasteiger partial charge in [0.05, 0.1) is 17.6 Å². The third kappa shape index (κ3) is 2.67. The molecule has 0 heterocycles. The highest BCUT2D eigenvalue weighted by Crippen LogP contribution is 2.35. The molecule has 1 atom stereocenters. The molecular formula is C12H10Cl2N2. The summed E-state index contributed by atoms with van der Waals surface area (Å²) in [6.07, 6.45) is 0.757. The van der Waals surface area contributed by atoms with Crippen molar-refractivity contribution in [1.82, 2.24) is 0 Å². The normalized spacial score (nSPS) is 13.6. The van der Waals surface area contributed by atoms with Crippen molar-refractivity contribution in [3.05, 3.63) is 33.8 Å². The van der Waals surface area contributed by atoms with Crippen molar-refractivity contribution in [3.8, 4) is 12.1 Å². The van der Waals surface area contributed by atoms with Gasteiger partial charge in [0.2, 0.25) is 0 Å². The number of hydrogen-bond acceptors (Lipinski definition) is 2. The molecule has 0 N–H and O–H groups in total. The monoisotopic (exact) mass is 252 g/mol. The summed E-state index contributed by atoms with van der Waals surface area (Å²) in [5.74, 6) is 0. The molecule has 0 saturated heterocycles. The van der Waals surface area contributed by atoms with Crippen molar-refractivity contribution >= 4 is 23.2 Å². The second-order valence-electron chi connectivity index (χ2n) is 3.73. The first-order chi connectivity index (χ1) is 7.53. The first-order valence-electron chi connectivity index (χ1n) is 4.77. The minimum atomic E-state index is -0.766. The zero-order chi connectivity index (χ0) is 12.2. The predicted molar refractivity (Wildman–Crippen MR) is 64.3 cm³/mol. The summed E-state index contributed by atoms with van der Waals surface area (Å²) in [5, 5.41) is 18.8. The molecule has 2 nitrogen and oxygen atoms in total. The second kappa shape index (κ2) is 5.21. The molecule has 1 unspecified atom stereocenters. The summed E-state index contributed by atoms with van der Waals surface area (Å²) in [5.41, 5.74) is -0.0861. The Morgan fingerprint density at radius 3 is 2.56 bits per heavy atom. The van der Waals surface area contributed by atoms with E-state index < -0.39 is 5.41 Å². The number of halogens is 2. The van der Waals surface area contributed by atoms with Crippen LogP contribution in [0.3, 0.4) is 0 Å². The van der Waals surface area contributed by atoms with Crippen molar-refractivity contribution in [3.63, 3.8) is 0 Å². The maximum atomic E-state index is 9.22. The highest BCUT2D eigenvalue weighted by Gasteiger charge is 2.28. The van der Waals surface area contributed by atoms with E-state index in [1.807, 2.05) is 6.07 Å². The Labute approximate surface area is 105 Å². The third-order valence-corrected chi connectivity index (χ3v) is 3.07. The molecule has 4 heteroatoms. The van der Waals surface area contributed by atoms with Crippen LogP contribution in [0.2, 0.25) is 10.0 Å². The fourth-order valence-electron chi connectivity index (χ4n) is 1.48. The number of hydrogen-bond donors (Lipinski definition) is 0. The van der Waals surface area contributed by atoms with Crippen molar-refractivity contribution in [2.75, 3.05) is 0 Å². The summed E-state index contributed by atoms with van der Waals surface area (Å²) in [4.78, 5) is 0. The topological polar surface area (TPSA) is 47.6 Å². The van der Waals surface area contributed by atoms with Gasteiger partial charge in [0.25, 0.3) is 0 Å². The largest absolute Gasteiger partial charge is 0.198 e. The van der Waals surface area contributed by atoms with Gasteiger partial charge in [-0.3, -0.25) is 0 Å². The highest BCUT2D eigenvalue weighted by atomic mass is 35.5. The van der Waals surface area contributed by atoms with Crippen molar-refractivity contribution in [2.24, 2.45) is 0 Å². The summed E-state index contributed by atoms with van der Waals surface area (Å²) in [7, 11) is 0. The van der Waals surface area contributed by atoms with Crippen LogP contribution in [-0.4, -0.2) is 0 Å². The molecule has 0 radical (unpaired) electrons. The molecule has 1 aromatic rings. The highest BCUT2D eigenvalue weighted by molar-refractivity contribution is 6.33. The average molecular weight is 253 g/mol. The summed E-state index contributed by atoms with van der Waals surface area (Å²) < 4.78 is 0. The van der Waals surface area contributed by atoms with E-state index in [0.29, 0.717) is 28.5 Å². The lowest BCUT2D eigenvalue weighted by molar-refractivity contribution is 0.563. The fourth-order valence-corrected chi connectivity index (χ4v) is 1.98. The first-order valence-corrected chi connectivity index (χ1v) is 5.53. The standard InChI is InChI=1S/C12H10Cl2N2/c1-12(8-16,5-2-6-15)10-7-9(13)3-4-11(10)14/h3-4,7H,2,5H2,1H3. The molecule has 0 amide bonds. The molecule has 0 aliphatic rings. The molecule has 1 aromatic carbocycles. The van der Waals surface area contributed by atoms with E-state index in [9.17, 15) is 5.26 Å². The lowest BCUT2D eigenvalue weighted by atomic mass is 9.80. The molecule has 0 saturated carbocycles. The third-order valence-electron chi connectivity index (χ3n) is 2.51. The van der Waals surface area contributed by atoms with Crippen LogP contribution in [0.5, 0.6) is 0 Å². The lowest BCUT2D eigenvalue weighted by Crippen LogP contribution is -2.19. The summed E-state index contributed by atoms with van der Waals surface area (Å²) in [6.45, 7) is 1.77. The molecule has 0 fully saturated rings. The van der Waals surface area contributed by atoms with Crippen LogP contribution in [0.4, 0.5) is 0 Å². The molecule has 0 aromatic heterocycles. The van der Waals surface area contributed by atoms with Gasteiger partial charge in [-0.2, -0.15) is 10.5 Å². The smallest absolute Gasteiger partial charge is 0.0819 e. The average Bonchev–Trinajstić information content (AvgIpc) is 2.29. The Morgan fingerprint density at radius 1 is 1.31 bits per heavy atom. The number of nitrogens with zero attached hydrogens (tertiary/aromatic N) is 2. The van der Waals surface area contributed by atoms with Gasteiger partial charge in [0, 0.05) is 16.5 Å². The van der Waals surface area contributed by atoms with E-state index in [-0.39, 0.29) is 0 Å². The summed E-state index contributed by atoms with van der Waals surface area (Å²) >= 11 is 11.9. The van der Waals surface area contributed by atoms with E-state index in [1.165, 1.54) is 0 Å². The zero-order valence-corrected chi connectivity index (χ0v) is 10.3. The van der Waals surface area contributed by atoms with Gasteiger partial charge in [-0.25, -0.2) is 0 Å². The Hall–Kier alpha value is -1.22. The minimum absolute atomic E-state index is 0.312. The van der Waals surface area contributed by atoms with Crippen LogP contribution < -0.4 is 0 Å². The Morgan fingerprint density at radius 2 is 2.00 bits per heavy atom. The zero-order valence-electron chi connectivity index (χ0n) is 8.80. The molecule has 1 rings (SSSR count). The lowest BCUT2D eigenvalue weighted by Gasteiger charge is -2.22. The first kappa shape index (κ1) is 12.8. The van der Waals surface area contributed by atoms with Crippen LogP contribution in [0, 0.1) is 22.7 Å². The maximum absolute atomic E-state index is 9.22. The van der Waals surface area contributed by atoms with Crippen molar-refractivity contribution in [1.29, 1.82) is 10.5 Å². The van der Waals surface area contributed by atoms with E-state index in [0.717, 1.165) is 0 Å². The predicted octanol–water partition coefficient (Wildman–Crippen LogP) is 4.08. The van der Waals surface area contributed by atoms with Gasteiger partial charge in [-0.15, -0.1) is 0 Å². The Kier molecular flexibility index (Phi) is 4.19. The van der Waals surface area contributed by atoms with Crippen LogP contribution in [-0.2, 0) is 5.41 Å². The molecule has 0 spiro atoms. The van der Waals surface area contributed by atoms with E-state index in [4.69, 9.17) is 28.5 Å². The van der Waals surface area contributed by atoms with Crippen molar-refractivity contribution < 1.29 is 0 Å². The van der Waals surface area contributed by atoms with Gasteiger partial charge in [-0.05, 0) is 37.1 Å². The van der Waals surface area contributed by atoms with Crippen molar-refractivity contribution in [2.45, 2.75) is 25.2 Å². The van der Waals surface area contributed by atoms with E-state index in [1.54, 1.807) is 25.1 Å². The molecule has 0 aliphatic carbocycles. The van der Waals surface area contributed by atoms with Crippen LogP contribution in [0.25, 0.3) is 0 Å². The van der Waals surface area contributed by atoms with Crippen LogP contribution in [0.1, 0.15) is 25.3 Å². The molecular weight excluding hydrogens is 243 g/mol. The quantitative estimate of drug-likeness (QED) is 0.814. The Bertz CT molecular complexity index is 471. The molecule has 82 valence electrons. The Balaban J connectivity index is 3.18. The maximum Gasteiger partial charge on any atom is 0.0819 e. The van der Waals surface area contributed by atoms with Gasteiger partial charge in [-0.1, -0.05) is 23.2 Å². The number of rotatable bonds is 3. The molecule has 0 aliphatic heterocycles. The van der Waals surface area contributed by atoms with Crippen LogP contribution >= 0.6 is 23.2 Å². The SMILES string of the molecule is CC(C#N)(CCC#N)c1cc(Cl)ccc1Cl. The summed E-state index contributed by atoms with van der Waals surface area (Å²) in [6, 6.07) is 9.27. The molecule has 0 bridgehead atoms. The molecule has 16 heavy (non-hydrogen) atoms. The van der Waals surface area contributed by atoms with Gasteiger partial charge in [0.15, 0.2) is 0 Å². The number of nitriles is 2. The minimum Gasteiger partial charge on any atom is -0.198 e. The van der Waals surface area contributed by atoms with Gasteiger partial charge >= 0.3 is 0 Å². The van der Waals surface area contributed by atoms with Gasteiger partial charge < -0.3 is 0 Å². The van der Waals surface area contributed by atoms with Gasteiger partial charge in [0.1, 0.15) is 0 Å². The van der Waals surface area contributed by atoms with E-state index in [2.05, 4.69) is 6.07 Å². The van der Waals surface area contributed by atoms with Crippen LogP contribution in [0.15, 0.2) is 18.2 Å². The number of benzene rings is 1. The fraction of sp³-hybridized carbons (Fsp3) is 0.333. The van der Waals surface area contributed by atoms with E-state index >= 15 is 0 Å². The second-order valence-corrected chi connectivity index (χ2v) is 4.57.